The first-order valence-corrected chi connectivity index (χ1v) is 11.2. The summed E-state index contributed by atoms with van der Waals surface area (Å²) < 4.78 is 39.8. The number of sulfonamides is 1. The number of amides is 1. The molecular weight excluding hydrogens is 406 g/mol. The molecule has 8 nitrogen and oxygen atoms in total. The van der Waals surface area contributed by atoms with Crippen LogP contribution >= 0.6 is 0 Å². The molecule has 3 rings (SSSR count). The fraction of sp³-hybridized carbons (Fsp3) is 0.381. The molecule has 2 aromatic rings. The first-order valence-electron chi connectivity index (χ1n) is 9.72. The summed E-state index contributed by atoms with van der Waals surface area (Å²) in [6.07, 6.45) is 0. The van der Waals surface area contributed by atoms with Crippen LogP contribution in [0.25, 0.3) is 0 Å². The fourth-order valence-corrected chi connectivity index (χ4v) is 4.58. The molecule has 1 amide bonds. The standard InChI is InChI=1S/C21H27N3O5S/c1-16(25)22-19-14-18(8-9-21(19)28-2)30(26,27)23-20(17-6-4-3-5-7-17)15-24-10-12-29-13-11-24/h3-9,14,20,23H,10-13,15H2,1-2H3,(H,22,25). The second-order valence-electron chi connectivity index (χ2n) is 7.04. The van der Waals surface area contributed by atoms with E-state index in [9.17, 15) is 13.2 Å². The molecule has 0 radical (unpaired) electrons. The SMILES string of the molecule is COc1ccc(S(=O)(=O)NC(CN2CCOCC2)c2ccccc2)cc1NC(C)=O. The van der Waals surface area contributed by atoms with E-state index in [0.29, 0.717) is 31.2 Å². The molecule has 1 saturated heterocycles. The summed E-state index contributed by atoms with van der Waals surface area (Å²) >= 11 is 0. The van der Waals surface area contributed by atoms with Crippen molar-refractivity contribution in [2.24, 2.45) is 0 Å². The minimum absolute atomic E-state index is 0.0509. The molecule has 1 aliphatic rings. The molecule has 0 bridgehead atoms. The number of carbonyl (C=O) groups is 1. The highest BCUT2D eigenvalue weighted by atomic mass is 32.2. The molecule has 0 aromatic heterocycles. The fourth-order valence-electron chi connectivity index (χ4n) is 3.33. The molecule has 1 heterocycles. The lowest BCUT2D eigenvalue weighted by atomic mass is 10.1. The zero-order valence-electron chi connectivity index (χ0n) is 17.1. The zero-order chi connectivity index (χ0) is 21.6. The summed E-state index contributed by atoms with van der Waals surface area (Å²) in [6.45, 7) is 4.65. The number of morpholine rings is 1. The van der Waals surface area contributed by atoms with Gasteiger partial charge in [-0.15, -0.1) is 0 Å². The van der Waals surface area contributed by atoms with E-state index < -0.39 is 16.1 Å². The Morgan fingerprint density at radius 2 is 1.87 bits per heavy atom. The highest BCUT2D eigenvalue weighted by molar-refractivity contribution is 7.89. The van der Waals surface area contributed by atoms with Crippen molar-refractivity contribution in [2.45, 2.75) is 17.9 Å². The third-order valence-corrected chi connectivity index (χ3v) is 6.31. The van der Waals surface area contributed by atoms with Gasteiger partial charge in [-0.3, -0.25) is 9.69 Å². The van der Waals surface area contributed by atoms with E-state index in [2.05, 4.69) is 14.9 Å². The van der Waals surface area contributed by atoms with Crippen LogP contribution in [0.1, 0.15) is 18.5 Å². The summed E-state index contributed by atoms with van der Waals surface area (Å²) in [4.78, 5) is 13.7. The predicted molar refractivity (Wildman–Crippen MR) is 114 cm³/mol. The Kier molecular flexibility index (Phi) is 7.43. The molecule has 1 atom stereocenters. The Balaban J connectivity index is 1.88. The van der Waals surface area contributed by atoms with Crippen LogP contribution in [0, 0.1) is 0 Å². The number of methoxy groups -OCH3 is 1. The van der Waals surface area contributed by atoms with Gasteiger partial charge in [-0.25, -0.2) is 13.1 Å². The molecule has 2 N–H and O–H groups in total. The van der Waals surface area contributed by atoms with Crippen molar-refractivity contribution in [3.05, 3.63) is 54.1 Å². The van der Waals surface area contributed by atoms with Gasteiger partial charge in [-0.05, 0) is 23.8 Å². The second kappa shape index (κ2) is 10.0. The van der Waals surface area contributed by atoms with Crippen molar-refractivity contribution in [3.63, 3.8) is 0 Å². The van der Waals surface area contributed by atoms with Crippen molar-refractivity contribution in [1.29, 1.82) is 0 Å². The highest BCUT2D eigenvalue weighted by Gasteiger charge is 2.25. The Hall–Kier alpha value is -2.46. The van der Waals surface area contributed by atoms with Gasteiger partial charge >= 0.3 is 0 Å². The summed E-state index contributed by atoms with van der Waals surface area (Å²) in [5.41, 5.74) is 1.18. The number of carbonyl (C=O) groups excluding carboxylic acids is 1. The van der Waals surface area contributed by atoms with E-state index >= 15 is 0 Å². The zero-order valence-corrected chi connectivity index (χ0v) is 17.9. The molecule has 2 aromatic carbocycles. The van der Waals surface area contributed by atoms with Crippen molar-refractivity contribution in [1.82, 2.24) is 9.62 Å². The summed E-state index contributed by atoms with van der Waals surface area (Å²) in [5.74, 6) is 0.0716. The van der Waals surface area contributed by atoms with Crippen LogP contribution in [-0.2, 0) is 19.6 Å². The maximum absolute atomic E-state index is 13.2. The monoisotopic (exact) mass is 433 g/mol. The van der Waals surface area contributed by atoms with E-state index in [-0.39, 0.29) is 10.8 Å². The maximum Gasteiger partial charge on any atom is 0.241 e. The van der Waals surface area contributed by atoms with Gasteiger partial charge in [0.05, 0.1) is 36.9 Å². The Morgan fingerprint density at radius 1 is 1.17 bits per heavy atom. The van der Waals surface area contributed by atoms with Gasteiger partial charge in [0.2, 0.25) is 15.9 Å². The first-order chi connectivity index (χ1) is 14.4. The number of anilines is 1. The van der Waals surface area contributed by atoms with Crippen LogP contribution in [0.2, 0.25) is 0 Å². The minimum atomic E-state index is -3.86. The van der Waals surface area contributed by atoms with Crippen LogP contribution in [-0.4, -0.2) is 59.2 Å². The topological polar surface area (TPSA) is 97.0 Å². The Bertz CT molecular complexity index is 960. The number of benzene rings is 2. The Morgan fingerprint density at radius 3 is 2.50 bits per heavy atom. The number of hydrogen-bond donors (Lipinski definition) is 2. The molecular formula is C21H27N3O5S. The van der Waals surface area contributed by atoms with Gasteiger partial charge in [0.1, 0.15) is 5.75 Å². The largest absolute Gasteiger partial charge is 0.495 e. The molecule has 1 unspecified atom stereocenters. The molecule has 1 fully saturated rings. The summed E-state index contributed by atoms with van der Waals surface area (Å²) in [6, 6.07) is 13.4. The molecule has 0 saturated carbocycles. The summed E-state index contributed by atoms with van der Waals surface area (Å²) in [5, 5.41) is 2.61. The average Bonchev–Trinajstić information content (AvgIpc) is 2.74. The van der Waals surface area contributed by atoms with Gasteiger partial charge in [0, 0.05) is 26.6 Å². The lowest BCUT2D eigenvalue weighted by molar-refractivity contribution is -0.114. The van der Waals surface area contributed by atoms with E-state index in [1.54, 1.807) is 0 Å². The van der Waals surface area contributed by atoms with Gasteiger partial charge in [-0.2, -0.15) is 0 Å². The normalized spacial score (nSPS) is 16.1. The van der Waals surface area contributed by atoms with Crippen molar-refractivity contribution >= 4 is 21.6 Å². The van der Waals surface area contributed by atoms with Gasteiger partial charge in [0.15, 0.2) is 0 Å². The quantitative estimate of drug-likeness (QED) is 0.661. The molecule has 9 heteroatoms. The van der Waals surface area contributed by atoms with E-state index in [0.717, 1.165) is 18.7 Å². The first kappa shape index (κ1) is 22.2. The Labute approximate surface area is 177 Å². The lowest BCUT2D eigenvalue weighted by Gasteiger charge is -2.31. The molecule has 0 spiro atoms. The lowest BCUT2D eigenvalue weighted by Crippen LogP contribution is -2.43. The molecule has 0 aliphatic carbocycles. The van der Waals surface area contributed by atoms with E-state index in [4.69, 9.17) is 9.47 Å². The second-order valence-corrected chi connectivity index (χ2v) is 8.75. The van der Waals surface area contributed by atoms with Gasteiger partial charge < -0.3 is 14.8 Å². The van der Waals surface area contributed by atoms with Crippen LogP contribution < -0.4 is 14.8 Å². The van der Waals surface area contributed by atoms with Crippen molar-refractivity contribution in [3.8, 4) is 5.75 Å². The van der Waals surface area contributed by atoms with Crippen LogP contribution in [0.5, 0.6) is 5.75 Å². The van der Waals surface area contributed by atoms with Gasteiger partial charge in [-0.1, -0.05) is 30.3 Å². The van der Waals surface area contributed by atoms with Gasteiger partial charge in [0.25, 0.3) is 0 Å². The molecule has 1 aliphatic heterocycles. The van der Waals surface area contributed by atoms with Crippen molar-refractivity contribution in [2.75, 3.05) is 45.3 Å². The number of nitrogens with one attached hydrogen (secondary N) is 2. The number of hydrogen-bond acceptors (Lipinski definition) is 6. The van der Waals surface area contributed by atoms with E-state index in [1.807, 2.05) is 30.3 Å². The smallest absolute Gasteiger partial charge is 0.241 e. The average molecular weight is 434 g/mol. The number of rotatable bonds is 8. The van der Waals surface area contributed by atoms with Crippen LogP contribution in [0.3, 0.4) is 0 Å². The minimum Gasteiger partial charge on any atom is -0.495 e. The predicted octanol–water partition coefficient (Wildman–Crippen LogP) is 2.01. The van der Waals surface area contributed by atoms with Crippen molar-refractivity contribution < 1.29 is 22.7 Å². The maximum atomic E-state index is 13.2. The number of ether oxygens (including phenoxy) is 2. The third kappa shape index (κ3) is 5.79. The highest BCUT2D eigenvalue weighted by Crippen LogP contribution is 2.28. The van der Waals surface area contributed by atoms with Crippen LogP contribution in [0.15, 0.2) is 53.4 Å². The van der Waals surface area contributed by atoms with E-state index in [1.165, 1.54) is 32.2 Å². The summed E-state index contributed by atoms with van der Waals surface area (Å²) in [7, 11) is -2.40. The third-order valence-electron chi connectivity index (χ3n) is 4.84. The molecule has 30 heavy (non-hydrogen) atoms. The molecule has 162 valence electrons. The van der Waals surface area contributed by atoms with Crippen LogP contribution in [0.4, 0.5) is 5.69 Å². The number of nitrogens with zero attached hydrogens (tertiary/aromatic N) is 1.